The van der Waals surface area contributed by atoms with Crippen molar-refractivity contribution in [2.45, 2.75) is 12.7 Å². The normalized spacial score (nSPS) is 14.9. The van der Waals surface area contributed by atoms with Gasteiger partial charge < -0.3 is 4.90 Å². The summed E-state index contributed by atoms with van der Waals surface area (Å²) in [6.07, 6.45) is -4.67. The average molecular weight is 426 g/mol. The lowest BCUT2D eigenvalue weighted by Gasteiger charge is -2.34. The van der Waals surface area contributed by atoms with Gasteiger partial charge in [-0.05, 0) is 29.8 Å². The Labute approximate surface area is 168 Å². The van der Waals surface area contributed by atoms with Gasteiger partial charge in [-0.1, -0.05) is 12.0 Å². The molecule has 1 fully saturated rings. The third-order valence-corrected chi connectivity index (χ3v) is 4.61. The number of amides is 1. The first-order valence-corrected chi connectivity index (χ1v) is 8.97. The number of hydrogen-bond acceptors (Lipinski definition) is 2. The van der Waals surface area contributed by atoms with E-state index in [4.69, 9.17) is 0 Å². The Bertz CT molecular complexity index is 981. The predicted molar refractivity (Wildman–Crippen MR) is 96.5 cm³/mol. The summed E-state index contributed by atoms with van der Waals surface area (Å²) in [4.78, 5) is 15.3. The van der Waals surface area contributed by atoms with Crippen LogP contribution in [0.25, 0.3) is 0 Å². The zero-order valence-electron chi connectivity index (χ0n) is 15.6. The highest BCUT2D eigenvalue weighted by Crippen LogP contribution is 2.33. The number of benzene rings is 2. The minimum Gasteiger partial charge on any atom is -0.329 e. The van der Waals surface area contributed by atoms with Gasteiger partial charge in [0.25, 0.3) is 5.91 Å². The van der Waals surface area contributed by atoms with Crippen LogP contribution in [0.5, 0.6) is 0 Å². The van der Waals surface area contributed by atoms with Crippen LogP contribution in [-0.4, -0.2) is 41.9 Å². The number of hydrogen-bond donors (Lipinski definition) is 0. The van der Waals surface area contributed by atoms with Crippen molar-refractivity contribution in [3.8, 4) is 11.8 Å². The summed E-state index contributed by atoms with van der Waals surface area (Å²) in [5.74, 6) is 1.61. The lowest BCUT2D eigenvalue weighted by atomic mass is 10.1. The highest BCUT2D eigenvalue weighted by atomic mass is 19.4. The molecule has 0 spiro atoms. The van der Waals surface area contributed by atoms with Crippen molar-refractivity contribution in [1.82, 2.24) is 9.80 Å². The van der Waals surface area contributed by atoms with Crippen LogP contribution >= 0.6 is 0 Å². The quantitative estimate of drug-likeness (QED) is 0.539. The molecule has 158 valence electrons. The number of nitrogens with zero attached hydrogens (tertiary/aromatic N) is 2. The van der Waals surface area contributed by atoms with Crippen LogP contribution in [0.3, 0.4) is 0 Å². The lowest BCUT2D eigenvalue weighted by molar-refractivity contribution is -0.138. The zero-order valence-corrected chi connectivity index (χ0v) is 15.6. The fourth-order valence-corrected chi connectivity index (χ4v) is 3.13. The van der Waals surface area contributed by atoms with Gasteiger partial charge in [-0.25, -0.2) is 13.2 Å². The van der Waals surface area contributed by atoms with Gasteiger partial charge in [-0.15, -0.1) is 0 Å². The fraction of sp³-hybridized carbons (Fsp3) is 0.286. The van der Waals surface area contributed by atoms with Crippen molar-refractivity contribution in [2.24, 2.45) is 0 Å². The van der Waals surface area contributed by atoms with Crippen LogP contribution in [0.1, 0.15) is 16.7 Å². The Hall–Kier alpha value is -2.99. The van der Waals surface area contributed by atoms with Crippen molar-refractivity contribution in [1.29, 1.82) is 0 Å². The molecule has 0 atom stereocenters. The molecule has 0 aliphatic carbocycles. The second kappa shape index (κ2) is 8.79. The lowest BCUT2D eigenvalue weighted by Crippen LogP contribution is -2.48. The third kappa shape index (κ3) is 5.54. The third-order valence-electron chi connectivity index (χ3n) is 4.61. The molecular formula is C21H16F6N2O. The molecule has 0 radical (unpaired) electrons. The van der Waals surface area contributed by atoms with Gasteiger partial charge in [0.2, 0.25) is 0 Å². The fourth-order valence-electron chi connectivity index (χ4n) is 3.13. The standard InChI is InChI=1S/C21H16F6N2O/c22-16-3-2-15(19(12-16)21(25,26)27)13-28-5-7-29(8-6-28)20(30)4-1-14-9-17(23)11-18(24)10-14/h2-3,9-12H,5-8,13H2. The molecule has 9 heteroatoms. The Balaban J connectivity index is 1.61. The number of carbonyl (C=O) groups excluding carboxylic acids is 1. The first kappa shape index (κ1) is 21.7. The van der Waals surface area contributed by atoms with Gasteiger partial charge in [-0.3, -0.25) is 9.69 Å². The second-order valence-electron chi connectivity index (χ2n) is 6.78. The average Bonchev–Trinajstić information content (AvgIpc) is 2.66. The molecule has 30 heavy (non-hydrogen) atoms. The topological polar surface area (TPSA) is 23.6 Å². The number of rotatable bonds is 2. The Morgan fingerprint density at radius 1 is 0.900 bits per heavy atom. The monoisotopic (exact) mass is 426 g/mol. The molecule has 0 N–H and O–H groups in total. The molecule has 2 aromatic carbocycles. The Kier molecular flexibility index (Phi) is 6.37. The van der Waals surface area contributed by atoms with E-state index >= 15 is 0 Å². The van der Waals surface area contributed by atoms with Crippen molar-refractivity contribution < 1.29 is 31.1 Å². The summed E-state index contributed by atoms with van der Waals surface area (Å²) >= 11 is 0. The molecule has 3 nitrogen and oxygen atoms in total. The zero-order chi connectivity index (χ0) is 21.9. The molecule has 0 unspecified atom stereocenters. The van der Waals surface area contributed by atoms with Gasteiger partial charge >= 0.3 is 6.18 Å². The van der Waals surface area contributed by atoms with Crippen LogP contribution in [0.15, 0.2) is 36.4 Å². The van der Waals surface area contributed by atoms with Crippen molar-refractivity contribution in [3.63, 3.8) is 0 Å². The molecular weight excluding hydrogens is 410 g/mol. The summed E-state index contributed by atoms with van der Waals surface area (Å²) < 4.78 is 78.9. The Morgan fingerprint density at radius 2 is 1.53 bits per heavy atom. The minimum absolute atomic E-state index is 0.0236. The molecule has 1 amide bonds. The SMILES string of the molecule is O=C(C#Cc1cc(F)cc(F)c1)N1CCN(Cc2ccc(F)cc2C(F)(F)F)CC1. The van der Waals surface area contributed by atoms with Gasteiger partial charge in [0, 0.05) is 50.3 Å². The smallest absolute Gasteiger partial charge is 0.329 e. The van der Waals surface area contributed by atoms with E-state index < -0.39 is 35.1 Å². The van der Waals surface area contributed by atoms with E-state index in [2.05, 4.69) is 11.8 Å². The van der Waals surface area contributed by atoms with E-state index in [0.717, 1.165) is 24.3 Å². The first-order chi connectivity index (χ1) is 14.1. The molecule has 3 rings (SSSR count). The molecule has 1 aliphatic heterocycles. The summed E-state index contributed by atoms with van der Waals surface area (Å²) in [5.41, 5.74) is -1.04. The van der Waals surface area contributed by atoms with Gasteiger partial charge in [0.05, 0.1) is 5.56 Å². The van der Waals surface area contributed by atoms with E-state index in [1.54, 1.807) is 4.90 Å². The highest BCUT2D eigenvalue weighted by Gasteiger charge is 2.34. The van der Waals surface area contributed by atoms with Crippen LogP contribution in [-0.2, 0) is 17.5 Å². The summed E-state index contributed by atoms with van der Waals surface area (Å²) in [6.45, 7) is 1.03. The van der Waals surface area contributed by atoms with Crippen LogP contribution < -0.4 is 0 Å². The minimum atomic E-state index is -4.67. The summed E-state index contributed by atoms with van der Waals surface area (Å²) in [6, 6.07) is 5.26. The van der Waals surface area contributed by atoms with Crippen LogP contribution in [0.2, 0.25) is 0 Å². The molecule has 0 aromatic heterocycles. The van der Waals surface area contributed by atoms with Crippen molar-refractivity contribution in [3.05, 3.63) is 70.5 Å². The Morgan fingerprint density at radius 3 is 2.13 bits per heavy atom. The second-order valence-corrected chi connectivity index (χ2v) is 6.78. The first-order valence-electron chi connectivity index (χ1n) is 8.97. The maximum absolute atomic E-state index is 13.2. The number of alkyl halides is 3. The molecule has 0 bridgehead atoms. The molecule has 1 saturated heterocycles. The van der Waals surface area contributed by atoms with Crippen molar-refractivity contribution in [2.75, 3.05) is 26.2 Å². The van der Waals surface area contributed by atoms with Gasteiger partial charge in [0.1, 0.15) is 17.5 Å². The van der Waals surface area contributed by atoms with Gasteiger partial charge in [0.15, 0.2) is 0 Å². The summed E-state index contributed by atoms with van der Waals surface area (Å²) in [5, 5.41) is 0. The molecule has 2 aromatic rings. The number of piperazine rings is 1. The van der Waals surface area contributed by atoms with Crippen molar-refractivity contribution >= 4 is 5.91 Å². The van der Waals surface area contributed by atoms with E-state index in [1.807, 2.05) is 0 Å². The predicted octanol–water partition coefficient (Wildman–Crippen LogP) is 3.82. The molecule has 1 aliphatic rings. The van der Waals surface area contributed by atoms with Crippen LogP contribution in [0, 0.1) is 29.3 Å². The van der Waals surface area contributed by atoms with Crippen LogP contribution in [0.4, 0.5) is 26.3 Å². The van der Waals surface area contributed by atoms with E-state index in [9.17, 15) is 31.1 Å². The van der Waals surface area contributed by atoms with E-state index in [0.29, 0.717) is 25.2 Å². The largest absolute Gasteiger partial charge is 0.416 e. The molecule has 1 heterocycles. The number of carbonyl (C=O) groups is 1. The van der Waals surface area contributed by atoms with E-state index in [-0.39, 0.29) is 30.8 Å². The highest BCUT2D eigenvalue weighted by molar-refractivity contribution is 5.94. The number of halogens is 6. The van der Waals surface area contributed by atoms with E-state index in [1.165, 1.54) is 4.90 Å². The summed E-state index contributed by atoms with van der Waals surface area (Å²) in [7, 11) is 0. The maximum Gasteiger partial charge on any atom is 0.416 e. The molecule has 0 saturated carbocycles. The van der Waals surface area contributed by atoms with Gasteiger partial charge in [-0.2, -0.15) is 13.2 Å². The maximum atomic E-state index is 13.2.